The highest BCUT2D eigenvalue weighted by Crippen LogP contribution is 2.16. The smallest absolute Gasteiger partial charge is 0.0885 e. The van der Waals surface area contributed by atoms with Gasteiger partial charge in [-0.3, -0.25) is 0 Å². The van der Waals surface area contributed by atoms with E-state index >= 15 is 0 Å². The lowest BCUT2D eigenvalue weighted by Gasteiger charge is -2.02. The van der Waals surface area contributed by atoms with E-state index < -0.39 is 0 Å². The Balaban J connectivity index is 2.06. The molecule has 1 N–H and O–H groups in total. The van der Waals surface area contributed by atoms with E-state index in [1.165, 1.54) is 16.0 Å². The van der Waals surface area contributed by atoms with Crippen LogP contribution >= 0.6 is 11.3 Å². The van der Waals surface area contributed by atoms with E-state index in [-0.39, 0.29) is 0 Å². The van der Waals surface area contributed by atoms with Gasteiger partial charge >= 0.3 is 0 Å². The minimum Gasteiger partial charge on any atom is -0.502 e. The van der Waals surface area contributed by atoms with Gasteiger partial charge in [0, 0.05) is 16.3 Å². The van der Waals surface area contributed by atoms with E-state index in [9.17, 15) is 0 Å². The van der Waals surface area contributed by atoms with E-state index in [0.717, 1.165) is 32.5 Å². The predicted octanol–water partition coefficient (Wildman–Crippen LogP) is 2.95. The monoisotopic (exact) mass is 225 g/mol. The molecule has 0 bridgehead atoms. The van der Waals surface area contributed by atoms with Gasteiger partial charge in [-0.05, 0) is 31.5 Å². The van der Waals surface area contributed by atoms with Crippen LogP contribution in [0.1, 0.15) is 23.1 Å². The Kier molecular flexibility index (Phi) is 6.12. The van der Waals surface area contributed by atoms with Crippen LogP contribution in [-0.2, 0) is 17.7 Å². The Bertz CT molecular complexity index is 283. The van der Waals surface area contributed by atoms with Crippen molar-refractivity contribution in [3.63, 3.8) is 0 Å². The first-order chi connectivity index (χ1) is 7.36. The SMILES string of the molecule is C=COCCCNCc1ccc(CC)s1. The zero-order chi connectivity index (χ0) is 10.9. The summed E-state index contributed by atoms with van der Waals surface area (Å²) in [7, 11) is 0. The number of nitrogens with one attached hydrogen (secondary N) is 1. The largest absolute Gasteiger partial charge is 0.502 e. The molecule has 0 radical (unpaired) electrons. The molecule has 1 heterocycles. The van der Waals surface area contributed by atoms with Gasteiger partial charge in [-0.15, -0.1) is 11.3 Å². The maximum Gasteiger partial charge on any atom is 0.0885 e. The third-order valence-corrected chi connectivity index (χ3v) is 3.33. The van der Waals surface area contributed by atoms with E-state index in [1.54, 1.807) is 0 Å². The summed E-state index contributed by atoms with van der Waals surface area (Å²) < 4.78 is 5.03. The van der Waals surface area contributed by atoms with Crippen molar-refractivity contribution < 1.29 is 4.74 Å². The molecule has 1 aromatic heterocycles. The summed E-state index contributed by atoms with van der Waals surface area (Å²) in [4.78, 5) is 2.87. The molecule has 84 valence electrons. The molecule has 0 saturated heterocycles. The van der Waals surface area contributed by atoms with E-state index in [0.29, 0.717) is 0 Å². The Morgan fingerprint density at radius 3 is 2.93 bits per heavy atom. The van der Waals surface area contributed by atoms with Crippen LogP contribution in [-0.4, -0.2) is 13.2 Å². The fourth-order valence-corrected chi connectivity index (χ4v) is 2.21. The number of aryl methyl sites for hydroxylation is 1. The highest BCUT2D eigenvalue weighted by atomic mass is 32.1. The Morgan fingerprint density at radius 1 is 1.47 bits per heavy atom. The average Bonchev–Trinajstić information content (AvgIpc) is 2.71. The lowest BCUT2D eigenvalue weighted by molar-refractivity contribution is 0.244. The van der Waals surface area contributed by atoms with Crippen molar-refractivity contribution in [3.8, 4) is 0 Å². The van der Waals surface area contributed by atoms with Crippen LogP contribution in [0, 0.1) is 0 Å². The van der Waals surface area contributed by atoms with E-state index in [2.05, 4.69) is 31.0 Å². The van der Waals surface area contributed by atoms with Gasteiger partial charge < -0.3 is 10.1 Å². The van der Waals surface area contributed by atoms with Gasteiger partial charge in [0.1, 0.15) is 0 Å². The maximum absolute atomic E-state index is 5.03. The molecule has 0 aliphatic rings. The van der Waals surface area contributed by atoms with Crippen LogP contribution in [0.25, 0.3) is 0 Å². The third kappa shape index (κ3) is 5.00. The molecule has 0 aliphatic heterocycles. The fourth-order valence-electron chi connectivity index (χ4n) is 1.28. The molecule has 2 nitrogen and oxygen atoms in total. The molecule has 0 saturated carbocycles. The van der Waals surface area contributed by atoms with Crippen molar-refractivity contribution >= 4 is 11.3 Å². The molecule has 0 atom stereocenters. The molecule has 15 heavy (non-hydrogen) atoms. The predicted molar refractivity (Wildman–Crippen MR) is 66.2 cm³/mol. The summed E-state index contributed by atoms with van der Waals surface area (Å²) in [6.45, 7) is 8.40. The zero-order valence-electron chi connectivity index (χ0n) is 9.29. The van der Waals surface area contributed by atoms with E-state index in [4.69, 9.17) is 4.74 Å². The number of hydrogen-bond donors (Lipinski definition) is 1. The van der Waals surface area contributed by atoms with Crippen LogP contribution in [0.2, 0.25) is 0 Å². The van der Waals surface area contributed by atoms with Crippen molar-refractivity contribution in [1.29, 1.82) is 0 Å². The summed E-state index contributed by atoms with van der Waals surface area (Å²) in [5.41, 5.74) is 0. The minimum absolute atomic E-state index is 0.751. The molecule has 0 amide bonds. The lowest BCUT2D eigenvalue weighted by atomic mass is 10.3. The molecule has 3 heteroatoms. The van der Waals surface area contributed by atoms with Gasteiger partial charge in [0.15, 0.2) is 0 Å². The number of thiophene rings is 1. The van der Waals surface area contributed by atoms with Crippen molar-refractivity contribution in [2.24, 2.45) is 0 Å². The summed E-state index contributed by atoms with van der Waals surface area (Å²) >= 11 is 1.89. The highest BCUT2D eigenvalue weighted by Gasteiger charge is 1.97. The molecule has 1 aromatic rings. The molecule has 0 spiro atoms. The summed E-state index contributed by atoms with van der Waals surface area (Å²) in [5, 5.41) is 3.39. The summed E-state index contributed by atoms with van der Waals surface area (Å²) in [6, 6.07) is 4.42. The second kappa shape index (κ2) is 7.49. The third-order valence-electron chi connectivity index (χ3n) is 2.10. The Morgan fingerprint density at radius 2 is 2.27 bits per heavy atom. The molecular weight excluding hydrogens is 206 g/mol. The maximum atomic E-state index is 5.03. The summed E-state index contributed by atoms with van der Waals surface area (Å²) in [6.07, 6.45) is 3.66. The second-order valence-electron chi connectivity index (χ2n) is 3.29. The topological polar surface area (TPSA) is 21.3 Å². The van der Waals surface area contributed by atoms with Crippen molar-refractivity contribution in [2.45, 2.75) is 26.3 Å². The Labute approximate surface area is 96.0 Å². The van der Waals surface area contributed by atoms with Gasteiger partial charge in [-0.2, -0.15) is 0 Å². The molecule has 0 unspecified atom stereocenters. The van der Waals surface area contributed by atoms with Crippen LogP contribution in [0.15, 0.2) is 25.0 Å². The highest BCUT2D eigenvalue weighted by molar-refractivity contribution is 7.11. The van der Waals surface area contributed by atoms with Gasteiger partial charge in [0.25, 0.3) is 0 Å². The number of hydrogen-bond acceptors (Lipinski definition) is 3. The van der Waals surface area contributed by atoms with E-state index in [1.807, 2.05) is 11.3 Å². The number of rotatable bonds is 8. The van der Waals surface area contributed by atoms with Crippen molar-refractivity contribution in [1.82, 2.24) is 5.32 Å². The van der Waals surface area contributed by atoms with Gasteiger partial charge in [0.05, 0.1) is 12.9 Å². The first kappa shape index (κ1) is 12.3. The number of ether oxygens (including phenoxy) is 1. The molecule has 0 aliphatic carbocycles. The van der Waals surface area contributed by atoms with Crippen LogP contribution in [0.3, 0.4) is 0 Å². The van der Waals surface area contributed by atoms with Crippen molar-refractivity contribution in [3.05, 3.63) is 34.7 Å². The van der Waals surface area contributed by atoms with Crippen molar-refractivity contribution in [2.75, 3.05) is 13.2 Å². The molecule has 0 fully saturated rings. The second-order valence-corrected chi connectivity index (χ2v) is 4.54. The Hall–Kier alpha value is -0.800. The zero-order valence-corrected chi connectivity index (χ0v) is 10.1. The molecular formula is C12H19NOS. The van der Waals surface area contributed by atoms with Crippen LogP contribution in [0.5, 0.6) is 0 Å². The standard InChI is InChI=1S/C12H19NOS/c1-3-11-6-7-12(15-11)10-13-8-5-9-14-4-2/h4,6-7,13H,2-3,5,8-10H2,1H3. The van der Waals surface area contributed by atoms with Crippen LogP contribution < -0.4 is 5.32 Å². The van der Waals surface area contributed by atoms with Gasteiger partial charge in [0.2, 0.25) is 0 Å². The minimum atomic E-state index is 0.751. The lowest BCUT2D eigenvalue weighted by Crippen LogP contribution is -2.15. The average molecular weight is 225 g/mol. The van der Waals surface area contributed by atoms with Gasteiger partial charge in [-0.1, -0.05) is 13.5 Å². The molecule has 0 aromatic carbocycles. The van der Waals surface area contributed by atoms with Gasteiger partial charge in [-0.25, -0.2) is 0 Å². The van der Waals surface area contributed by atoms with Crippen LogP contribution in [0.4, 0.5) is 0 Å². The first-order valence-corrected chi connectivity index (χ1v) is 6.19. The normalized spacial score (nSPS) is 10.2. The summed E-state index contributed by atoms with van der Waals surface area (Å²) in [5.74, 6) is 0. The molecule has 1 rings (SSSR count). The quantitative estimate of drug-likeness (QED) is 0.542. The first-order valence-electron chi connectivity index (χ1n) is 5.37. The fraction of sp³-hybridized carbons (Fsp3) is 0.500.